The lowest BCUT2D eigenvalue weighted by Gasteiger charge is -2.11. The molecule has 23 heavy (non-hydrogen) atoms. The number of thiazole rings is 1. The van der Waals surface area contributed by atoms with Gasteiger partial charge in [0.2, 0.25) is 5.91 Å². The second-order valence-electron chi connectivity index (χ2n) is 4.25. The molecule has 0 saturated heterocycles. The second-order valence-corrected chi connectivity index (χ2v) is 5.19. The van der Waals surface area contributed by atoms with Gasteiger partial charge >= 0.3 is 6.18 Å². The van der Waals surface area contributed by atoms with Gasteiger partial charge in [-0.2, -0.15) is 13.2 Å². The van der Waals surface area contributed by atoms with Crippen LogP contribution in [0.25, 0.3) is 0 Å². The first-order chi connectivity index (χ1) is 10.9. The molecule has 7 nitrogen and oxygen atoms in total. The van der Waals surface area contributed by atoms with Gasteiger partial charge in [-0.1, -0.05) is 0 Å². The summed E-state index contributed by atoms with van der Waals surface area (Å²) >= 11 is 0.897. The summed E-state index contributed by atoms with van der Waals surface area (Å²) in [7, 11) is 3.01. The van der Waals surface area contributed by atoms with Gasteiger partial charge in [-0.25, -0.2) is 4.98 Å². The van der Waals surface area contributed by atoms with Gasteiger partial charge in [-0.15, -0.1) is 11.3 Å². The first-order valence-electron chi connectivity index (χ1n) is 6.58. The average Bonchev–Trinajstić information content (AvgIpc) is 2.97. The predicted octanol–water partition coefficient (Wildman–Crippen LogP) is 0.589. The van der Waals surface area contributed by atoms with Crippen molar-refractivity contribution >= 4 is 23.2 Å². The molecule has 0 unspecified atom stereocenters. The molecule has 0 spiro atoms. The molecule has 0 aliphatic carbocycles. The molecule has 130 valence electrons. The van der Waals surface area contributed by atoms with E-state index in [0.29, 0.717) is 13.2 Å². The number of hydrogen-bond donors (Lipinski definition) is 3. The Balaban J connectivity index is 2.37. The first-order valence-corrected chi connectivity index (χ1v) is 7.46. The van der Waals surface area contributed by atoms with Crippen molar-refractivity contribution in [1.82, 2.24) is 20.9 Å². The van der Waals surface area contributed by atoms with Crippen LogP contribution in [-0.2, 0) is 22.3 Å². The van der Waals surface area contributed by atoms with Crippen LogP contribution < -0.4 is 16.0 Å². The third-order valence-electron chi connectivity index (χ3n) is 2.52. The van der Waals surface area contributed by atoms with Crippen LogP contribution in [-0.4, -0.2) is 50.7 Å². The van der Waals surface area contributed by atoms with Crippen molar-refractivity contribution in [2.75, 3.05) is 33.9 Å². The maximum absolute atomic E-state index is 12.4. The fourth-order valence-corrected chi connectivity index (χ4v) is 2.16. The van der Waals surface area contributed by atoms with Gasteiger partial charge in [-0.05, 0) is 0 Å². The molecule has 11 heteroatoms. The molecule has 0 aliphatic rings. The fourth-order valence-electron chi connectivity index (χ4n) is 1.42. The number of nitrogens with one attached hydrogen (secondary N) is 3. The quantitative estimate of drug-likeness (QED) is 0.379. The van der Waals surface area contributed by atoms with Crippen LogP contribution in [0.3, 0.4) is 0 Å². The van der Waals surface area contributed by atoms with Crippen LogP contribution >= 0.6 is 11.3 Å². The number of halogens is 3. The lowest BCUT2D eigenvalue weighted by atomic mass is 10.5. The number of aromatic nitrogens is 1. The molecule has 0 atom stereocenters. The lowest BCUT2D eigenvalue weighted by molar-refractivity contribution is -0.140. The van der Waals surface area contributed by atoms with E-state index < -0.39 is 11.9 Å². The Labute approximate surface area is 135 Å². The van der Waals surface area contributed by atoms with E-state index in [4.69, 9.17) is 4.74 Å². The Morgan fingerprint density at radius 2 is 2.13 bits per heavy atom. The molecule has 1 rings (SSSR count). The molecule has 1 aromatic heterocycles. The Bertz CT molecular complexity index is 533. The summed E-state index contributed by atoms with van der Waals surface area (Å²) < 4.78 is 42.1. The van der Waals surface area contributed by atoms with Crippen molar-refractivity contribution in [3.8, 4) is 0 Å². The molecule has 3 N–H and O–H groups in total. The lowest BCUT2D eigenvalue weighted by Crippen LogP contribution is -2.43. The predicted molar refractivity (Wildman–Crippen MR) is 80.2 cm³/mol. The summed E-state index contributed by atoms with van der Waals surface area (Å²) in [6.45, 7) is 0.855. The summed E-state index contributed by atoms with van der Waals surface area (Å²) in [5, 5.41) is 9.37. The summed E-state index contributed by atoms with van der Waals surface area (Å²) in [5.74, 6) is 0.0363. The Kier molecular flexibility index (Phi) is 7.75. The number of ether oxygens (including phenoxy) is 1. The van der Waals surface area contributed by atoms with E-state index in [9.17, 15) is 18.0 Å². The van der Waals surface area contributed by atoms with E-state index in [0.717, 1.165) is 16.7 Å². The summed E-state index contributed by atoms with van der Waals surface area (Å²) in [4.78, 5) is 18.8. The number of carbonyl (C=O) groups excluding carboxylic acids is 1. The highest BCUT2D eigenvalue weighted by Gasteiger charge is 2.33. The number of rotatable bonds is 7. The Morgan fingerprint density at radius 1 is 1.39 bits per heavy atom. The van der Waals surface area contributed by atoms with Crippen molar-refractivity contribution in [3.63, 3.8) is 0 Å². The minimum absolute atomic E-state index is 0.0188. The summed E-state index contributed by atoms with van der Waals surface area (Å²) in [5.41, 5.74) is -0.917. The highest BCUT2D eigenvalue weighted by Crippen LogP contribution is 2.29. The maximum Gasteiger partial charge on any atom is 0.434 e. The number of methoxy groups -OCH3 is 1. The summed E-state index contributed by atoms with van der Waals surface area (Å²) in [6, 6.07) is 0. The van der Waals surface area contributed by atoms with Crippen LogP contribution in [0.5, 0.6) is 0 Å². The minimum Gasteiger partial charge on any atom is -0.383 e. The van der Waals surface area contributed by atoms with Gasteiger partial charge < -0.3 is 20.7 Å². The number of aliphatic imine (C=N–C) groups is 1. The van der Waals surface area contributed by atoms with Crippen LogP contribution in [0, 0.1) is 0 Å². The largest absolute Gasteiger partial charge is 0.434 e. The highest BCUT2D eigenvalue weighted by atomic mass is 32.1. The smallest absolute Gasteiger partial charge is 0.383 e. The van der Waals surface area contributed by atoms with Crippen LogP contribution in [0.1, 0.15) is 10.7 Å². The van der Waals surface area contributed by atoms with Crippen molar-refractivity contribution in [1.29, 1.82) is 0 Å². The number of carbonyl (C=O) groups is 1. The highest BCUT2D eigenvalue weighted by molar-refractivity contribution is 7.09. The SMILES string of the molecule is CN=C(NCC(=O)NCCOC)NCc1nc(C(F)(F)F)cs1. The molecule has 1 heterocycles. The van der Waals surface area contributed by atoms with Gasteiger partial charge in [-0.3, -0.25) is 9.79 Å². The number of nitrogens with zero attached hydrogens (tertiary/aromatic N) is 2. The second kappa shape index (κ2) is 9.30. The van der Waals surface area contributed by atoms with Gasteiger partial charge in [0.05, 0.1) is 19.7 Å². The van der Waals surface area contributed by atoms with Crippen LogP contribution in [0.15, 0.2) is 10.4 Å². The molecule has 0 radical (unpaired) electrons. The van der Waals surface area contributed by atoms with E-state index in [2.05, 4.69) is 25.9 Å². The monoisotopic (exact) mass is 353 g/mol. The van der Waals surface area contributed by atoms with Crippen molar-refractivity contribution < 1.29 is 22.7 Å². The van der Waals surface area contributed by atoms with Gasteiger partial charge in [0.15, 0.2) is 11.7 Å². The zero-order chi connectivity index (χ0) is 17.3. The van der Waals surface area contributed by atoms with Crippen molar-refractivity contribution in [3.05, 3.63) is 16.1 Å². The third kappa shape index (κ3) is 7.28. The standard InChI is InChI=1S/C12H18F3N5O2S/c1-16-11(18-5-9(21)17-3-4-22-2)19-6-10-20-8(7-23-10)12(13,14)15/h7H,3-6H2,1-2H3,(H,17,21)(H2,16,18,19). The first kappa shape index (κ1) is 19.2. The van der Waals surface area contributed by atoms with Crippen LogP contribution in [0.4, 0.5) is 13.2 Å². The van der Waals surface area contributed by atoms with Gasteiger partial charge in [0.1, 0.15) is 5.01 Å². The molecule has 0 aromatic carbocycles. The number of guanidine groups is 1. The zero-order valence-corrected chi connectivity index (χ0v) is 13.5. The molecule has 0 saturated carbocycles. The van der Waals surface area contributed by atoms with E-state index in [1.165, 1.54) is 14.2 Å². The fraction of sp³-hybridized carbons (Fsp3) is 0.583. The average molecular weight is 353 g/mol. The molecule has 0 fully saturated rings. The summed E-state index contributed by atoms with van der Waals surface area (Å²) in [6.07, 6.45) is -4.45. The van der Waals surface area contributed by atoms with Crippen molar-refractivity contribution in [2.45, 2.75) is 12.7 Å². The Hall–Kier alpha value is -1.88. The van der Waals surface area contributed by atoms with E-state index in [-0.39, 0.29) is 30.0 Å². The Morgan fingerprint density at radius 3 is 2.70 bits per heavy atom. The molecular weight excluding hydrogens is 335 g/mol. The third-order valence-corrected chi connectivity index (χ3v) is 3.37. The number of alkyl halides is 3. The van der Waals surface area contributed by atoms with E-state index >= 15 is 0 Å². The minimum atomic E-state index is -4.45. The van der Waals surface area contributed by atoms with Gasteiger partial charge in [0, 0.05) is 26.1 Å². The molecule has 0 aliphatic heterocycles. The zero-order valence-electron chi connectivity index (χ0n) is 12.7. The maximum atomic E-state index is 12.4. The van der Waals surface area contributed by atoms with E-state index in [1.807, 2.05) is 0 Å². The molecule has 1 amide bonds. The molecular formula is C12H18F3N5O2S. The van der Waals surface area contributed by atoms with Crippen LogP contribution in [0.2, 0.25) is 0 Å². The topological polar surface area (TPSA) is 87.6 Å². The number of hydrogen-bond acceptors (Lipinski definition) is 5. The normalized spacial score (nSPS) is 12.1. The van der Waals surface area contributed by atoms with E-state index in [1.54, 1.807) is 0 Å². The number of amides is 1. The van der Waals surface area contributed by atoms with Gasteiger partial charge in [0.25, 0.3) is 0 Å². The molecule has 1 aromatic rings. The molecule has 0 bridgehead atoms. The van der Waals surface area contributed by atoms with Crippen molar-refractivity contribution in [2.24, 2.45) is 4.99 Å².